The van der Waals surface area contributed by atoms with Crippen molar-refractivity contribution in [3.05, 3.63) is 35.4 Å². The average molecular weight is 231 g/mol. The van der Waals surface area contributed by atoms with Gasteiger partial charge in [-0.1, -0.05) is 30.7 Å². The second-order valence-electron chi connectivity index (χ2n) is 5.51. The van der Waals surface area contributed by atoms with Crippen LogP contribution in [0.25, 0.3) is 0 Å². The Bertz CT molecular complexity index is 401. The van der Waals surface area contributed by atoms with E-state index in [-0.39, 0.29) is 5.78 Å². The Morgan fingerprint density at radius 2 is 1.82 bits per heavy atom. The van der Waals surface area contributed by atoms with Crippen LogP contribution >= 0.6 is 0 Å². The van der Waals surface area contributed by atoms with Gasteiger partial charge in [-0.25, -0.2) is 0 Å². The van der Waals surface area contributed by atoms with E-state index in [0.717, 1.165) is 12.1 Å². The second-order valence-corrected chi connectivity index (χ2v) is 5.51. The van der Waals surface area contributed by atoms with Crippen LogP contribution in [0.5, 0.6) is 0 Å². The average Bonchev–Trinajstić information content (AvgIpc) is 2.23. The van der Waals surface area contributed by atoms with Crippen LogP contribution in [0.1, 0.15) is 42.1 Å². The fraction of sp³-hybridized carbons (Fsp3) is 0.533. The van der Waals surface area contributed by atoms with Crippen LogP contribution in [0.15, 0.2) is 24.3 Å². The number of benzene rings is 1. The molecule has 17 heavy (non-hydrogen) atoms. The first-order valence-corrected chi connectivity index (χ1v) is 6.30. The van der Waals surface area contributed by atoms with Crippen molar-refractivity contribution >= 4 is 5.78 Å². The maximum absolute atomic E-state index is 11.3. The van der Waals surface area contributed by atoms with E-state index in [0.29, 0.717) is 5.41 Å². The van der Waals surface area contributed by atoms with Gasteiger partial charge in [0.1, 0.15) is 0 Å². The zero-order valence-corrected chi connectivity index (χ0v) is 11.0. The molecule has 0 heterocycles. The molecule has 0 N–H and O–H groups in total. The van der Waals surface area contributed by atoms with E-state index in [4.69, 9.17) is 0 Å². The molecule has 2 heteroatoms. The minimum absolute atomic E-state index is 0.145. The SMILES string of the molecule is CC(=O)c1ccc(C2(CN(C)C)CCC2)cc1. The summed E-state index contributed by atoms with van der Waals surface area (Å²) in [6.45, 7) is 2.72. The Balaban J connectivity index is 2.23. The van der Waals surface area contributed by atoms with Crippen molar-refractivity contribution in [2.45, 2.75) is 31.6 Å². The molecule has 2 rings (SSSR count). The standard InChI is InChI=1S/C15H21NO/c1-12(17)13-5-7-14(8-6-13)15(9-4-10-15)11-16(2)3/h5-8H,4,9-11H2,1-3H3. The Hall–Kier alpha value is -1.15. The van der Waals surface area contributed by atoms with Gasteiger partial charge < -0.3 is 4.90 Å². The smallest absolute Gasteiger partial charge is 0.159 e. The van der Waals surface area contributed by atoms with E-state index in [1.165, 1.54) is 24.8 Å². The highest BCUT2D eigenvalue weighted by Gasteiger charge is 2.38. The van der Waals surface area contributed by atoms with Gasteiger partial charge in [0.05, 0.1) is 0 Å². The number of Topliss-reactive ketones (excluding diaryl/α,β-unsaturated/α-hetero) is 1. The first-order valence-electron chi connectivity index (χ1n) is 6.30. The summed E-state index contributed by atoms with van der Waals surface area (Å²) in [4.78, 5) is 13.5. The normalized spacial score (nSPS) is 17.9. The van der Waals surface area contributed by atoms with Gasteiger partial charge in [-0.2, -0.15) is 0 Å². The minimum Gasteiger partial charge on any atom is -0.309 e. The third kappa shape index (κ3) is 2.42. The highest BCUT2D eigenvalue weighted by molar-refractivity contribution is 5.94. The largest absolute Gasteiger partial charge is 0.309 e. The van der Waals surface area contributed by atoms with Gasteiger partial charge in [-0.3, -0.25) is 4.79 Å². The molecule has 0 atom stereocenters. The maximum Gasteiger partial charge on any atom is 0.159 e. The number of nitrogens with zero attached hydrogens (tertiary/aromatic N) is 1. The monoisotopic (exact) mass is 231 g/mol. The first kappa shape index (κ1) is 12.3. The van der Waals surface area contributed by atoms with Crippen LogP contribution in [-0.2, 0) is 5.41 Å². The van der Waals surface area contributed by atoms with E-state index in [9.17, 15) is 4.79 Å². The highest BCUT2D eigenvalue weighted by Crippen LogP contribution is 2.44. The molecule has 0 aromatic heterocycles. The number of likely N-dealkylation sites (N-methyl/N-ethyl adjacent to an activating group) is 1. The number of hydrogen-bond donors (Lipinski definition) is 0. The quantitative estimate of drug-likeness (QED) is 0.743. The molecule has 1 aromatic carbocycles. The molecule has 1 saturated carbocycles. The molecule has 0 aliphatic heterocycles. The van der Waals surface area contributed by atoms with E-state index in [1.807, 2.05) is 12.1 Å². The molecule has 1 fully saturated rings. The predicted octanol–water partition coefficient (Wildman–Crippen LogP) is 2.87. The topological polar surface area (TPSA) is 20.3 Å². The lowest BCUT2D eigenvalue weighted by Crippen LogP contribution is -2.43. The summed E-state index contributed by atoms with van der Waals surface area (Å²) in [5, 5.41) is 0. The van der Waals surface area contributed by atoms with Gasteiger partial charge in [0, 0.05) is 17.5 Å². The molecule has 1 aliphatic rings. The van der Waals surface area contributed by atoms with Gasteiger partial charge in [0.25, 0.3) is 0 Å². The highest BCUT2D eigenvalue weighted by atomic mass is 16.1. The molecule has 92 valence electrons. The molecule has 1 aliphatic carbocycles. The van der Waals surface area contributed by atoms with Crippen molar-refractivity contribution in [3.63, 3.8) is 0 Å². The summed E-state index contributed by atoms with van der Waals surface area (Å²) in [5.41, 5.74) is 2.54. The van der Waals surface area contributed by atoms with Gasteiger partial charge in [-0.05, 0) is 39.4 Å². The Morgan fingerprint density at radius 3 is 2.18 bits per heavy atom. The molecule has 0 amide bonds. The van der Waals surface area contributed by atoms with Gasteiger partial charge in [0.15, 0.2) is 5.78 Å². The third-order valence-corrected chi connectivity index (χ3v) is 3.83. The second kappa shape index (κ2) is 4.61. The van der Waals surface area contributed by atoms with E-state index >= 15 is 0 Å². The number of ketones is 1. The third-order valence-electron chi connectivity index (χ3n) is 3.83. The summed E-state index contributed by atoms with van der Waals surface area (Å²) in [6.07, 6.45) is 3.86. The van der Waals surface area contributed by atoms with Crippen molar-refractivity contribution in [1.29, 1.82) is 0 Å². The van der Waals surface area contributed by atoms with Crippen LogP contribution < -0.4 is 0 Å². The van der Waals surface area contributed by atoms with Crippen molar-refractivity contribution in [2.24, 2.45) is 0 Å². The summed E-state index contributed by atoms with van der Waals surface area (Å²) in [5.74, 6) is 0.145. The van der Waals surface area contributed by atoms with Gasteiger partial charge in [0.2, 0.25) is 0 Å². The van der Waals surface area contributed by atoms with E-state index in [1.54, 1.807) is 6.92 Å². The van der Waals surface area contributed by atoms with Crippen molar-refractivity contribution in [1.82, 2.24) is 4.90 Å². The van der Waals surface area contributed by atoms with Crippen molar-refractivity contribution in [2.75, 3.05) is 20.6 Å². The lowest BCUT2D eigenvalue weighted by atomic mass is 9.64. The van der Waals surface area contributed by atoms with Crippen molar-refractivity contribution < 1.29 is 4.79 Å². The van der Waals surface area contributed by atoms with Crippen LogP contribution in [0, 0.1) is 0 Å². The Morgan fingerprint density at radius 1 is 1.24 bits per heavy atom. The summed E-state index contributed by atoms with van der Waals surface area (Å²) < 4.78 is 0. The minimum atomic E-state index is 0.145. The fourth-order valence-corrected chi connectivity index (χ4v) is 2.81. The van der Waals surface area contributed by atoms with Crippen LogP contribution in [0.3, 0.4) is 0 Å². The fourth-order valence-electron chi connectivity index (χ4n) is 2.81. The molecule has 1 aromatic rings. The molecule has 0 unspecified atom stereocenters. The molecule has 0 saturated heterocycles. The maximum atomic E-state index is 11.3. The lowest BCUT2D eigenvalue weighted by Gasteiger charge is -2.44. The van der Waals surface area contributed by atoms with Crippen LogP contribution in [0.2, 0.25) is 0 Å². The first-order chi connectivity index (χ1) is 8.03. The van der Waals surface area contributed by atoms with Gasteiger partial charge >= 0.3 is 0 Å². The molecular formula is C15H21NO. The molecule has 0 bridgehead atoms. The molecular weight excluding hydrogens is 210 g/mol. The molecule has 0 spiro atoms. The zero-order valence-electron chi connectivity index (χ0n) is 11.0. The Kier molecular flexibility index (Phi) is 3.34. The lowest BCUT2D eigenvalue weighted by molar-refractivity contribution is 0.101. The summed E-state index contributed by atoms with van der Waals surface area (Å²) >= 11 is 0. The van der Waals surface area contributed by atoms with E-state index < -0.39 is 0 Å². The molecule has 0 radical (unpaired) electrons. The predicted molar refractivity (Wildman–Crippen MR) is 70.5 cm³/mol. The summed E-state index contributed by atoms with van der Waals surface area (Å²) in [7, 11) is 4.26. The van der Waals surface area contributed by atoms with Crippen molar-refractivity contribution in [3.8, 4) is 0 Å². The van der Waals surface area contributed by atoms with E-state index in [2.05, 4.69) is 31.1 Å². The van der Waals surface area contributed by atoms with Crippen LogP contribution in [0.4, 0.5) is 0 Å². The zero-order chi connectivity index (χ0) is 12.5. The summed E-state index contributed by atoms with van der Waals surface area (Å²) in [6, 6.07) is 8.21. The molecule has 2 nitrogen and oxygen atoms in total. The number of rotatable bonds is 4. The number of hydrogen-bond acceptors (Lipinski definition) is 2. The number of carbonyl (C=O) groups excluding carboxylic acids is 1. The van der Waals surface area contributed by atoms with Crippen LogP contribution in [-0.4, -0.2) is 31.3 Å². The van der Waals surface area contributed by atoms with Gasteiger partial charge in [-0.15, -0.1) is 0 Å². The Labute approximate surface area is 104 Å². The number of carbonyl (C=O) groups is 1.